The molecule has 0 radical (unpaired) electrons. The first-order valence-electron chi connectivity index (χ1n) is 9.32. The number of nitrogens with one attached hydrogen (secondary N) is 3. The van der Waals surface area contributed by atoms with E-state index in [1.807, 2.05) is 6.92 Å². The van der Waals surface area contributed by atoms with Gasteiger partial charge in [-0.3, -0.25) is 14.6 Å². The molecule has 0 saturated heterocycles. The fourth-order valence-corrected chi connectivity index (χ4v) is 3.24. The van der Waals surface area contributed by atoms with Crippen molar-refractivity contribution in [3.8, 4) is 5.75 Å². The summed E-state index contributed by atoms with van der Waals surface area (Å²) in [5.74, 6) is 1.24. The zero-order chi connectivity index (χ0) is 22.5. The minimum absolute atomic E-state index is 0.142. The fraction of sp³-hybridized carbons (Fsp3) is 0.190. The summed E-state index contributed by atoms with van der Waals surface area (Å²) in [4.78, 5) is 21.1. The molecule has 0 unspecified atom stereocenters. The monoisotopic (exact) mass is 442 g/mol. The second-order valence-corrected chi connectivity index (χ2v) is 6.94. The Kier molecular flexibility index (Phi) is 6.78. The average Bonchev–Trinajstić information content (AvgIpc) is 3.04. The number of aliphatic imine (C=N–C) groups is 1. The Hall–Kier alpha value is -3.56. The molecule has 10 heteroatoms. The quantitative estimate of drug-likeness (QED) is 0.313. The van der Waals surface area contributed by atoms with Crippen LogP contribution in [0.15, 0.2) is 57.6 Å². The molecular formula is C21H23ClN6O3. The molecule has 162 valence electrons. The maximum Gasteiger partial charge on any atom is 0.277 e. The number of aliphatic hydroxyl groups is 1. The predicted octanol–water partition coefficient (Wildman–Crippen LogP) is 3.56. The summed E-state index contributed by atoms with van der Waals surface area (Å²) in [6, 6.07) is 6.95. The van der Waals surface area contributed by atoms with Gasteiger partial charge < -0.3 is 20.5 Å². The molecule has 31 heavy (non-hydrogen) atoms. The molecule has 9 nitrogen and oxygen atoms in total. The van der Waals surface area contributed by atoms with Gasteiger partial charge in [-0.05, 0) is 37.4 Å². The number of nitrogens with zero attached hydrogens (tertiary/aromatic N) is 3. The average molecular weight is 443 g/mol. The number of allylic oxidation sites excluding steroid dienone is 1. The Morgan fingerprint density at radius 2 is 2.23 bits per heavy atom. The summed E-state index contributed by atoms with van der Waals surface area (Å²) in [5.41, 5.74) is 1.87. The summed E-state index contributed by atoms with van der Waals surface area (Å²) in [5, 5.41) is 19.4. The van der Waals surface area contributed by atoms with Crippen LogP contribution in [-0.2, 0) is 7.05 Å². The van der Waals surface area contributed by atoms with Gasteiger partial charge in [0.2, 0.25) is 0 Å². The number of para-hydroxylation sites is 1. The Labute approximate surface area is 183 Å². The van der Waals surface area contributed by atoms with Crippen molar-refractivity contribution in [3.05, 3.63) is 63.2 Å². The number of hydrogen-bond acceptors (Lipinski definition) is 7. The van der Waals surface area contributed by atoms with Crippen molar-refractivity contribution in [1.29, 1.82) is 0 Å². The lowest BCUT2D eigenvalue weighted by molar-refractivity contribution is 0.334. The Bertz CT molecular complexity index is 1240. The van der Waals surface area contributed by atoms with Crippen LogP contribution >= 0.6 is 11.6 Å². The van der Waals surface area contributed by atoms with Crippen LogP contribution in [0.5, 0.6) is 5.75 Å². The number of fused-ring (bicyclic) bond motifs is 1. The zero-order valence-electron chi connectivity index (χ0n) is 17.4. The van der Waals surface area contributed by atoms with Gasteiger partial charge in [-0.15, -0.1) is 0 Å². The van der Waals surface area contributed by atoms with Gasteiger partial charge in [-0.2, -0.15) is 0 Å². The van der Waals surface area contributed by atoms with Crippen molar-refractivity contribution in [2.24, 2.45) is 12.0 Å². The number of rotatable bonds is 8. The smallest absolute Gasteiger partial charge is 0.277 e. The number of benzene rings is 1. The van der Waals surface area contributed by atoms with E-state index in [1.54, 1.807) is 43.5 Å². The van der Waals surface area contributed by atoms with Crippen molar-refractivity contribution in [3.63, 3.8) is 0 Å². The minimum Gasteiger partial charge on any atom is -0.493 e. The molecule has 0 aliphatic heterocycles. The number of aromatic nitrogens is 3. The third kappa shape index (κ3) is 4.62. The van der Waals surface area contributed by atoms with Crippen molar-refractivity contribution >= 4 is 46.5 Å². The molecule has 0 bridgehead atoms. The van der Waals surface area contributed by atoms with E-state index in [9.17, 15) is 9.90 Å². The molecule has 4 N–H and O–H groups in total. The van der Waals surface area contributed by atoms with Gasteiger partial charge in [0.05, 0.1) is 30.1 Å². The van der Waals surface area contributed by atoms with Crippen LogP contribution in [0.2, 0.25) is 5.02 Å². The van der Waals surface area contributed by atoms with Gasteiger partial charge >= 0.3 is 0 Å². The third-order valence-corrected chi connectivity index (χ3v) is 4.85. The summed E-state index contributed by atoms with van der Waals surface area (Å²) in [7, 11) is 3.13. The van der Waals surface area contributed by atoms with Gasteiger partial charge in [0, 0.05) is 13.1 Å². The number of methoxy groups -OCH3 is 1. The van der Waals surface area contributed by atoms with Crippen LogP contribution in [0.25, 0.3) is 11.0 Å². The summed E-state index contributed by atoms with van der Waals surface area (Å²) < 4.78 is 6.74. The molecule has 0 aliphatic carbocycles. The maximum atomic E-state index is 12.7. The van der Waals surface area contributed by atoms with Crippen molar-refractivity contribution in [2.45, 2.75) is 6.92 Å². The second-order valence-electron chi connectivity index (χ2n) is 6.53. The van der Waals surface area contributed by atoms with Crippen LogP contribution in [-0.4, -0.2) is 40.3 Å². The highest BCUT2D eigenvalue weighted by atomic mass is 35.5. The van der Waals surface area contributed by atoms with Gasteiger partial charge in [0.25, 0.3) is 5.56 Å². The topological polar surface area (TPSA) is 117 Å². The number of halogens is 1. The fourth-order valence-electron chi connectivity index (χ4n) is 2.99. The summed E-state index contributed by atoms with van der Waals surface area (Å²) >= 11 is 6.23. The van der Waals surface area contributed by atoms with Crippen LogP contribution in [0.3, 0.4) is 0 Å². The lowest BCUT2D eigenvalue weighted by atomic mass is 10.2. The number of aryl methyl sites for hydroxylation is 1. The van der Waals surface area contributed by atoms with Crippen molar-refractivity contribution in [2.75, 3.05) is 24.4 Å². The molecular weight excluding hydrogens is 420 g/mol. The van der Waals surface area contributed by atoms with E-state index in [0.717, 1.165) is 0 Å². The highest BCUT2D eigenvalue weighted by Gasteiger charge is 2.16. The van der Waals surface area contributed by atoms with E-state index in [4.69, 9.17) is 16.3 Å². The number of aromatic amines is 1. The normalized spacial score (nSPS) is 12.2. The van der Waals surface area contributed by atoms with Crippen molar-refractivity contribution < 1.29 is 9.84 Å². The SMILES string of the molecule is C=N/C(=C\C(=C/C)CO)Nc1cc(Nc2cccc(Cl)c2OC)c2c(=O)n(C)[nH]c2n1. The van der Waals surface area contributed by atoms with Crippen LogP contribution in [0.4, 0.5) is 17.2 Å². The second kappa shape index (κ2) is 9.50. The maximum absolute atomic E-state index is 12.7. The Balaban J connectivity index is 2.12. The zero-order valence-corrected chi connectivity index (χ0v) is 18.1. The standard InChI is InChI=1S/C21H23ClN6O3/c1-5-12(11-29)9-16(23-2)25-17-10-15(18-20(26-17)27-28(3)21(18)30)24-14-8-6-7-13(22)19(14)31-4/h5-10,29H,2,11H2,1,3-4H3,(H3,24,25,26,27)/b12-5+,16-9+. The molecule has 0 atom stereocenters. The third-order valence-electron chi connectivity index (χ3n) is 4.55. The minimum atomic E-state index is -0.244. The molecule has 0 aliphatic rings. The first-order chi connectivity index (χ1) is 14.9. The van der Waals surface area contributed by atoms with Gasteiger partial charge in [-0.25, -0.2) is 9.98 Å². The van der Waals surface area contributed by atoms with E-state index in [2.05, 4.69) is 32.4 Å². The molecule has 2 aromatic heterocycles. The van der Waals surface area contributed by atoms with E-state index < -0.39 is 0 Å². The molecule has 0 amide bonds. The van der Waals surface area contributed by atoms with E-state index in [-0.39, 0.29) is 12.2 Å². The lowest BCUT2D eigenvalue weighted by Crippen LogP contribution is -2.12. The van der Waals surface area contributed by atoms with Crippen LogP contribution < -0.4 is 20.9 Å². The number of aliphatic hydroxyl groups excluding tert-OH is 1. The van der Waals surface area contributed by atoms with E-state index in [0.29, 0.717) is 50.4 Å². The number of ether oxygens (including phenoxy) is 1. The first kappa shape index (κ1) is 22.1. The van der Waals surface area contributed by atoms with E-state index in [1.165, 1.54) is 11.8 Å². The Morgan fingerprint density at radius 3 is 2.87 bits per heavy atom. The van der Waals surface area contributed by atoms with Gasteiger partial charge in [-0.1, -0.05) is 23.7 Å². The molecule has 0 saturated carbocycles. The summed E-state index contributed by atoms with van der Waals surface area (Å²) in [6.45, 7) is 5.22. The largest absolute Gasteiger partial charge is 0.493 e. The highest BCUT2D eigenvalue weighted by Crippen LogP contribution is 2.36. The molecule has 3 aromatic rings. The molecule has 0 fully saturated rings. The van der Waals surface area contributed by atoms with Crippen LogP contribution in [0.1, 0.15) is 6.92 Å². The number of anilines is 3. The molecule has 1 aromatic carbocycles. The number of H-pyrrole nitrogens is 1. The predicted molar refractivity (Wildman–Crippen MR) is 125 cm³/mol. The van der Waals surface area contributed by atoms with Crippen LogP contribution in [0, 0.1) is 0 Å². The highest BCUT2D eigenvalue weighted by molar-refractivity contribution is 6.32. The molecule has 2 heterocycles. The van der Waals surface area contributed by atoms with Gasteiger partial charge in [0.1, 0.15) is 17.0 Å². The first-order valence-corrected chi connectivity index (χ1v) is 9.70. The number of pyridine rings is 1. The van der Waals surface area contributed by atoms with Gasteiger partial charge in [0.15, 0.2) is 11.4 Å². The molecule has 0 spiro atoms. The lowest BCUT2D eigenvalue weighted by Gasteiger charge is -2.14. The molecule has 3 rings (SSSR count). The number of hydrogen-bond donors (Lipinski definition) is 4. The van der Waals surface area contributed by atoms with Crippen molar-refractivity contribution in [1.82, 2.24) is 14.8 Å². The summed E-state index contributed by atoms with van der Waals surface area (Å²) in [6.07, 6.45) is 3.41. The Morgan fingerprint density at radius 1 is 1.45 bits per heavy atom. The van der Waals surface area contributed by atoms with E-state index >= 15 is 0 Å².